The molecule has 2 heterocycles. The van der Waals surface area contributed by atoms with Gasteiger partial charge in [0.05, 0.1) is 17.5 Å². The quantitative estimate of drug-likeness (QED) is 0.356. The molecule has 6 atom stereocenters. The van der Waals surface area contributed by atoms with Gasteiger partial charge in [0.2, 0.25) is 0 Å². The predicted molar refractivity (Wildman–Crippen MR) is 130 cm³/mol. The molecular weight excluding hydrogens is 414 g/mol. The van der Waals surface area contributed by atoms with E-state index in [2.05, 4.69) is 50.9 Å². The Kier molecular flexibility index (Phi) is 6.62. The van der Waals surface area contributed by atoms with Gasteiger partial charge < -0.3 is 25.4 Å². The number of hydrogen-bond donors (Lipinski definition) is 4. The number of aliphatic hydroxyl groups excluding tert-OH is 2. The lowest BCUT2D eigenvalue weighted by atomic mass is 9.96. The van der Waals surface area contributed by atoms with Crippen molar-refractivity contribution in [1.82, 2.24) is 19.9 Å². The van der Waals surface area contributed by atoms with Gasteiger partial charge in [0.15, 0.2) is 0 Å². The van der Waals surface area contributed by atoms with Crippen LogP contribution in [-0.2, 0) is 6.42 Å². The molecule has 2 aliphatic carbocycles. The molecule has 2 saturated carbocycles. The zero-order valence-corrected chi connectivity index (χ0v) is 19.3. The molecule has 0 spiro atoms. The van der Waals surface area contributed by atoms with Gasteiger partial charge in [0, 0.05) is 13.2 Å². The number of hydrogen-bond acceptors (Lipinski definition) is 6. The first-order valence-electron chi connectivity index (χ1n) is 12.3. The van der Waals surface area contributed by atoms with Crippen LogP contribution in [0.3, 0.4) is 0 Å². The molecule has 5 rings (SSSR count). The van der Waals surface area contributed by atoms with Gasteiger partial charge in [-0.2, -0.15) is 0 Å². The second-order valence-corrected chi connectivity index (χ2v) is 9.67. The molecule has 2 aliphatic rings. The predicted octanol–water partition coefficient (Wildman–Crippen LogP) is 3.00. The molecule has 1 aromatic carbocycles. The summed E-state index contributed by atoms with van der Waals surface area (Å²) in [7, 11) is 1.84. The summed E-state index contributed by atoms with van der Waals surface area (Å²) in [6, 6.07) is 12.4. The average molecular weight is 450 g/mol. The number of rotatable bonds is 10. The molecule has 0 bridgehead atoms. The fourth-order valence-electron chi connectivity index (χ4n) is 5.80. The Morgan fingerprint density at radius 1 is 1.00 bits per heavy atom. The smallest absolute Gasteiger partial charge is 0.145 e. The largest absolute Gasteiger partial charge is 0.390 e. The van der Waals surface area contributed by atoms with Crippen molar-refractivity contribution in [1.29, 1.82) is 0 Å². The summed E-state index contributed by atoms with van der Waals surface area (Å²) in [5.74, 6) is 2.13. The lowest BCUT2D eigenvalue weighted by Gasteiger charge is -2.19. The Morgan fingerprint density at radius 2 is 1.85 bits per heavy atom. The monoisotopic (exact) mass is 449 g/mol. The standard InChI is InChI=1S/C26H35N5O2/c1-27-25-19-10-13-31(26(19)30-16-29-25)22-15-21(23(32)24(22)33)20-14-18(20)8-5-11-28-12-9-17-6-3-2-4-7-17/h2-4,6-7,10,13,16,18,20-24,28,32-33H,5,8-9,11-12,14-15H2,1H3,(H,27,29,30)/t18?,20?,21-,22-,23-,24+/m1/s1. The van der Waals surface area contributed by atoms with Crippen LogP contribution >= 0.6 is 0 Å². The van der Waals surface area contributed by atoms with Gasteiger partial charge in [-0.25, -0.2) is 9.97 Å². The molecule has 0 radical (unpaired) electrons. The zero-order chi connectivity index (χ0) is 22.8. The van der Waals surface area contributed by atoms with Crippen LogP contribution in [0.1, 0.15) is 37.3 Å². The molecule has 2 fully saturated rings. The van der Waals surface area contributed by atoms with E-state index in [9.17, 15) is 10.2 Å². The van der Waals surface area contributed by atoms with Crippen molar-refractivity contribution >= 4 is 16.9 Å². The van der Waals surface area contributed by atoms with E-state index in [1.165, 1.54) is 18.4 Å². The number of fused-ring (bicyclic) bond motifs is 1. The summed E-state index contributed by atoms with van der Waals surface area (Å²) in [6.07, 6.45) is 7.46. The summed E-state index contributed by atoms with van der Waals surface area (Å²) < 4.78 is 2.03. The van der Waals surface area contributed by atoms with Crippen LogP contribution in [0.2, 0.25) is 0 Å². The Balaban J connectivity index is 1.11. The molecule has 3 aromatic rings. The maximum Gasteiger partial charge on any atom is 0.145 e. The van der Waals surface area contributed by atoms with Crippen molar-refractivity contribution in [3.63, 3.8) is 0 Å². The minimum Gasteiger partial charge on any atom is -0.390 e. The first-order valence-corrected chi connectivity index (χ1v) is 12.3. The van der Waals surface area contributed by atoms with Crippen molar-refractivity contribution in [2.24, 2.45) is 17.8 Å². The molecule has 7 heteroatoms. The van der Waals surface area contributed by atoms with Crippen molar-refractivity contribution in [2.75, 3.05) is 25.5 Å². The summed E-state index contributed by atoms with van der Waals surface area (Å²) in [6.45, 7) is 2.05. The Hall–Kier alpha value is -2.48. The molecule has 7 nitrogen and oxygen atoms in total. The second-order valence-electron chi connectivity index (χ2n) is 9.67. The number of anilines is 1. The normalized spacial score (nSPS) is 28.9. The van der Waals surface area contributed by atoms with E-state index in [0.717, 1.165) is 49.2 Å². The van der Waals surface area contributed by atoms with Gasteiger partial charge in [0.25, 0.3) is 0 Å². The summed E-state index contributed by atoms with van der Waals surface area (Å²) in [5.41, 5.74) is 2.18. The minimum absolute atomic E-state index is 0.150. The molecule has 176 valence electrons. The summed E-state index contributed by atoms with van der Waals surface area (Å²) in [5, 5.41) is 29.3. The maximum absolute atomic E-state index is 10.9. The molecule has 0 amide bonds. The van der Waals surface area contributed by atoms with Gasteiger partial charge in [0.1, 0.15) is 23.9 Å². The second kappa shape index (κ2) is 9.79. The van der Waals surface area contributed by atoms with Crippen molar-refractivity contribution in [2.45, 2.75) is 50.4 Å². The van der Waals surface area contributed by atoms with E-state index < -0.39 is 12.2 Å². The third-order valence-corrected chi connectivity index (χ3v) is 7.69. The highest BCUT2D eigenvalue weighted by Gasteiger charge is 2.52. The van der Waals surface area contributed by atoms with Crippen LogP contribution in [-0.4, -0.2) is 57.1 Å². The lowest BCUT2D eigenvalue weighted by Crippen LogP contribution is -2.30. The van der Waals surface area contributed by atoms with Crippen LogP contribution < -0.4 is 10.6 Å². The highest BCUT2D eigenvalue weighted by molar-refractivity contribution is 5.87. The van der Waals surface area contributed by atoms with Crippen LogP contribution in [0, 0.1) is 17.8 Å². The Bertz CT molecular complexity index is 1060. The molecule has 2 aromatic heterocycles. The number of aliphatic hydroxyl groups is 2. The summed E-state index contributed by atoms with van der Waals surface area (Å²) >= 11 is 0. The highest BCUT2D eigenvalue weighted by atomic mass is 16.3. The number of nitrogens with one attached hydrogen (secondary N) is 2. The maximum atomic E-state index is 10.9. The molecule has 2 unspecified atom stereocenters. The van der Waals surface area contributed by atoms with E-state index >= 15 is 0 Å². The van der Waals surface area contributed by atoms with E-state index in [0.29, 0.717) is 11.8 Å². The van der Waals surface area contributed by atoms with Crippen molar-refractivity contribution in [3.05, 3.63) is 54.5 Å². The Labute approximate surface area is 195 Å². The lowest BCUT2D eigenvalue weighted by molar-refractivity contribution is 0.00193. The number of nitrogens with zero attached hydrogens (tertiary/aromatic N) is 3. The first kappa shape index (κ1) is 22.3. The summed E-state index contributed by atoms with van der Waals surface area (Å²) in [4.78, 5) is 8.72. The van der Waals surface area contributed by atoms with Gasteiger partial charge >= 0.3 is 0 Å². The SMILES string of the molecule is CNc1ncnc2c1ccn2[C@@H]1C[C@H](C2CC2CCCNCCc2ccccc2)[C@@H](O)[C@H]1O. The van der Waals surface area contributed by atoms with Gasteiger partial charge in [-0.3, -0.25) is 0 Å². The molecular formula is C26H35N5O2. The molecule has 4 N–H and O–H groups in total. The van der Waals surface area contributed by atoms with Crippen LogP contribution in [0.25, 0.3) is 11.0 Å². The number of benzene rings is 1. The van der Waals surface area contributed by atoms with Crippen molar-refractivity contribution in [3.8, 4) is 0 Å². The zero-order valence-electron chi connectivity index (χ0n) is 19.3. The van der Waals surface area contributed by atoms with Crippen molar-refractivity contribution < 1.29 is 10.2 Å². The van der Waals surface area contributed by atoms with E-state index in [-0.39, 0.29) is 12.0 Å². The topological polar surface area (TPSA) is 95.2 Å². The fourth-order valence-corrected chi connectivity index (χ4v) is 5.80. The fraction of sp³-hybridized carbons (Fsp3) is 0.538. The first-order chi connectivity index (χ1) is 16.2. The van der Waals surface area contributed by atoms with E-state index in [1.54, 1.807) is 6.33 Å². The third kappa shape index (κ3) is 4.63. The molecule has 0 aliphatic heterocycles. The van der Waals surface area contributed by atoms with Gasteiger partial charge in [-0.1, -0.05) is 30.3 Å². The van der Waals surface area contributed by atoms with Crippen LogP contribution in [0.5, 0.6) is 0 Å². The Morgan fingerprint density at radius 3 is 2.67 bits per heavy atom. The van der Waals surface area contributed by atoms with E-state index in [1.807, 2.05) is 23.9 Å². The number of aromatic nitrogens is 3. The third-order valence-electron chi connectivity index (χ3n) is 7.69. The van der Waals surface area contributed by atoms with Crippen LogP contribution in [0.4, 0.5) is 5.82 Å². The molecule has 33 heavy (non-hydrogen) atoms. The highest BCUT2D eigenvalue weighted by Crippen LogP contribution is 2.54. The van der Waals surface area contributed by atoms with E-state index in [4.69, 9.17) is 0 Å². The van der Waals surface area contributed by atoms with Gasteiger partial charge in [-0.15, -0.1) is 0 Å². The minimum atomic E-state index is -0.764. The molecule has 0 saturated heterocycles. The average Bonchev–Trinajstić information content (AvgIpc) is 3.38. The van der Waals surface area contributed by atoms with Gasteiger partial charge in [-0.05, 0) is 74.6 Å². The van der Waals surface area contributed by atoms with Crippen LogP contribution in [0.15, 0.2) is 48.9 Å².